The van der Waals surface area contributed by atoms with E-state index < -0.39 is 17.4 Å². The zero-order chi connectivity index (χ0) is 20.8. The van der Waals surface area contributed by atoms with Crippen LogP contribution in [0.2, 0.25) is 5.02 Å². The molecule has 1 spiro atoms. The maximum atomic E-state index is 13.4. The van der Waals surface area contributed by atoms with Crippen molar-refractivity contribution in [3.63, 3.8) is 0 Å². The van der Waals surface area contributed by atoms with Crippen molar-refractivity contribution in [1.29, 1.82) is 0 Å². The molecule has 0 bridgehead atoms. The second-order valence-corrected chi connectivity index (χ2v) is 9.08. The lowest BCUT2D eigenvalue weighted by Gasteiger charge is -2.29. The molecule has 7 nitrogen and oxygen atoms in total. The van der Waals surface area contributed by atoms with Crippen molar-refractivity contribution in [3.8, 4) is 0 Å². The van der Waals surface area contributed by atoms with Gasteiger partial charge in [-0.05, 0) is 43.0 Å². The van der Waals surface area contributed by atoms with Crippen LogP contribution in [0.15, 0.2) is 18.2 Å². The highest BCUT2D eigenvalue weighted by Gasteiger charge is 2.70. The summed E-state index contributed by atoms with van der Waals surface area (Å²) >= 11 is 7.90. The predicted molar refractivity (Wildman–Crippen MR) is 112 cm³/mol. The van der Waals surface area contributed by atoms with Crippen molar-refractivity contribution in [1.82, 2.24) is 10.2 Å². The first-order valence-electron chi connectivity index (χ1n) is 9.68. The fourth-order valence-electron chi connectivity index (χ4n) is 4.91. The highest BCUT2D eigenvalue weighted by atomic mass is 35.5. The zero-order valence-electron chi connectivity index (χ0n) is 16.4. The largest absolute Gasteiger partial charge is 0.385 e. The lowest BCUT2D eigenvalue weighted by Crippen LogP contribution is -2.53. The number of halogens is 1. The molecule has 2 fully saturated rings. The highest BCUT2D eigenvalue weighted by molar-refractivity contribution is 7.98. The lowest BCUT2D eigenvalue weighted by molar-refractivity contribution is -0.143. The van der Waals surface area contributed by atoms with Crippen molar-refractivity contribution < 1.29 is 19.1 Å². The van der Waals surface area contributed by atoms with Crippen molar-refractivity contribution in [3.05, 3.63) is 28.8 Å². The van der Waals surface area contributed by atoms with Crippen LogP contribution >= 0.6 is 23.4 Å². The van der Waals surface area contributed by atoms with Gasteiger partial charge in [-0.2, -0.15) is 11.8 Å². The number of imide groups is 1. The number of nitrogens with zero attached hydrogens (tertiary/aromatic N) is 1. The highest BCUT2D eigenvalue weighted by Crippen LogP contribution is 2.53. The van der Waals surface area contributed by atoms with E-state index in [0.717, 1.165) is 5.75 Å². The van der Waals surface area contributed by atoms with Crippen molar-refractivity contribution in [2.24, 2.45) is 11.8 Å². The number of carbonyl (C=O) groups excluding carboxylic acids is 3. The molecule has 3 aliphatic heterocycles. The van der Waals surface area contributed by atoms with Crippen molar-refractivity contribution in [2.45, 2.75) is 24.4 Å². The van der Waals surface area contributed by atoms with Gasteiger partial charge in [-0.3, -0.25) is 24.6 Å². The van der Waals surface area contributed by atoms with E-state index in [2.05, 4.69) is 10.6 Å². The molecule has 4 atom stereocenters. The van der Waals surface area contributed by atoms with E-state index in [1.165, 1.54) is 4.90 Å². The van der Waals surface area contributed by atoms with E-state index >= 15 is 0 Å². The fourth-order valence-corrected chi connectivity index (χ4v) is 5.58. The van der Waals surface area contributed by atoms with E-state index in [0.29, 0.717) is 42.3 Å². The maximum absolute atomic E-state index is 13.4. The number of benzene rings is 1. The molecule has 0 aliphatic carbocycles. The summed E-state index contributed by atoms with van der Waals surface area (Å²) in [5, 5.41) is 6.78. The third kappa shape index (κ3) is 3.08. The van der Waals surface area contributed by atoms with Gasteiger partial charge in [-0.15, -0.1) is 0 Å². The van der Waals surface area contributed by atoms with Gasteiger partial charge in [0, 0.05) is 42.6 Å². The average Bonchev–Trinajstić information content (AvgIpc) is 3.27. The van der Waals surface area contributed by atoms with Crippen molar-refractivity contribution >= 4 is 46.8 Å². The minimum Gasteiger partial charge on any atom is -0.385 e. The number of likely N-dealkylation sites (tertiary alicyclic amines) is 1. The first kappa shape index (κ1) is 20.7. The van der Waals surface area contributed by atoms with Crippen LogP contribution in [-0.2, 0) is 24.7 Å². The van der Waals surface area contributed by atoms with Crippen LogP contribution in [-0.4, -0.2) is 60.9 Å². The zero-order valence-corrected chi connectivity index (χ0v) is 17.9. The topological polar surface area (TPSA) is 87.7 Å². The third-order valence-electron chi connectivity index (χ3n) is 6.13. The number of hydrogen-bond acceptors (Lipinski definition) is 6. The molecule has 4 unspecified atom stereocenters. The van der Waals surface area contributed by atoms with Crippen LogP contribution in [0.1, 0.15) is 18.4 Å². The third-order valence-corrected chi connectivity index (χ3v) is 7.01. The molecule has 0 saturated carbocycles. The Morgan fingerprint density at radius 3 is 2.79 bits per heavy atom. The molecule has 4 rings (SSSR count). The number of ether oxygens (including phenoxy) is 1. The minimum atomic E-state index is -1.27. The summed E-state index contributed by atoms with van der Waals surface area (Å²) in [4.78, 5) is 41.2. The minimum absolute atomic E-state index is 0.199. The van der Waals surface area contributed by atoms with E-state index in [-0.39, 0.29) is 23.8 Å². The Bertz CT molecular complexity index is 866. The van der Waals surface area contributed by atoms with Crippen molar-refractivity contribution in [2.75, 3.05) is 37.6 Å². The normalized spacial score (nSPS) is 30.2. The van der Waals surface area contributed by atoms with E-state index in [4.69, 9.17) is 16.3 Å². The maximum Gasteiger partial charge on any atom is 0.250 e. The average molecular weight is 438 g/mol. The van der Waals surface area contributed by atoms with Gasteiger partial charge in [0.1, 0.15) is 5.54 Å². The molecule has 2 saturated heterocycles. The number of hydrogen-bond donors (Lipinski definition) is 2. The van der Waals surface area contributed by atoms with Gasteiger partial charge in [0.2, 0.25) is 17.7 Å². The van der Waals surface area contributed by atoms with Crippen LogP contribution in [0.5, 0.6) is 0 Å². The first-order chi connectivity index (χ1) is 14.0. The summed E-state index contributed by atoms with van der Waals surface area (Å²) in [5.74, 6) is -1.30. The van der Waals surface area contributed by atoms with E-state index in [9.17, 15) is 14.4 Å². The Balaban J connectivity index is 1.77. The van der Waals surface area contributed by atoms with Crippen LogP contribution < -0.4 is 10.6 Å². The SMILES string of the molecule is COCCCN1C(=O)C2C(CCSC)NC3(C(=O)Nc4ccc(Cl)cc43)C2C1=O. The number of anilines is 1. The second kappa shape index (κ2) is 7.91. The molecule has 156 valence electrons. The Morgan fingerprint density at radius 1 is 1.28 bits per heavy atom. The number of amides is 3. The molecular formula is C20H24ClN3O4S. The summed E-state index contributed by atoms with van der Waals surface area (Å²) < 4.78 is 5.07. The van der Waals surface area contributed by atoms with E-state index in [1.54, 1.807) is 37.1 Å². The quantitative estimate of drug-likeness (QED) is 0.500. The molecule has 9 heteroatoms. The Labute approximate surface area is 178 Å². The molecule has 1 aromatic carbocycles. The number of fused-ring (bicyclic) bond motifs is 4. The van der Waals surface area contributed by atoms with Gasteiger partial charge in [0.05, 0.1) is 11.8 Å². The first-order valence-corrected chi connectivity index (χ1v) is 11.4. The van der Waals surface area contributed by atoms with Gasteiger partial charge >= 0.3 is 0 Å². The number of nitrogens with one attached hydrogen (secondary N) is 2. The number of rotatable bonds is 7. The molecule has 3 heterocycles. The number of carbonyl (C=O) groups is 3. The van der Waals surface area contributed by atoms with Gasteiger partial charge in [0.15, 0.2) is 0 Å². The second-order valence-electron chi connectivity index (χ2n) is 7.66. The Morgan fingerprint density at radius 2 is 2.07 bits per heavy atom. The lowest BCUT2D eigenvalue weighted by atomic mass is 9.76. The summed E-state index contributed by atoms with van der Waals surface area (Å²) in [7, 11) is 1.59. The monoisotopic (exact) mass is 437 g/mol. The number of thioether (sulfide) groups is 1. The molecule has 2 N–H and O–H groups in total. The smallest absolute Gasteiger partial charge is 0.250 e. The number of methoxy groups -OCH3 is 1. The standard InChI is InChI=1S/C20H24ClN3O4S/c1-28-8-3-7-24-17(25)15-14(6-9-29-2)23-20(16(15)18(24)26)12-10-11(21)4-5-13(12)22-19(20)27/h4-5,10,14-16,23H,3,6-9H2,1-2H3,(H,22,27). The molecule has 29 heavy (non-hydrogen) atoms. The molecule has 0 radical (unpaired) electrons. The van der Waals surface area contributed by atoms with Gasteiger partial charge in [-0.25, -0.2) is 0 Å². The molecular weight excluding hydrogens is 414 g/mol. The fraction of sp³-hybridized carbons (Fsp3) is 0.550. The van der Waals surface area contributed by atoms with E-state index in [1.807, 2.05) is 6.26 Å². The summed E-state index contributed by atoms with van der Waals surface area (Å²) in [6.07, 6.45) is 3.26. The summed E-state index contributed by atoms with van der Waals surface area (Å²) in [6, 6.07) is 4.91. The molecule has 3 aliphatic rings. The Kier molecular flexibility index (Phi) is 5.63. The molecule has 3 amide bonds. The van der Waals surface area contributed by atoms with Gasteiger partial charge in [0.25, 0.3) is 0 Å². The molecule has 0 aromatic heterocycles. The summed E-state index contributed by atoms with van der Waals surface area (Å²) in [5.41, 5.74) is 0.0160. The van der Waals surface area contributed by atoms with Gasteiger partial charge < -0.3 is 10.1 Å². The van der Waals surface area contributed by atoms with Crippen LogP contribution in [0.3, 0.4) is 0 Å². The molecule has 1 aromatic rings. The Hall–Kier alpha value is -1.61. The van der Waals surface area contributed by atoms with Crippen LogP contribution in [0.4, 0.5) is 5.69 Å². The van der Waals surface area contributed by atoms with Gasteiger partial charge in [-0.1, -0.05) is 11.6 Å². The van der Waals surface area contributed by atoms with Crippen LogP contribution in [0, 0.1) is 11.8 Å². The predicted octanol–water partition coefficient (Wildman–Crippen LogP) is 1.85. The van der Waals surface area contributed by atoms with Crippen LogP contribution in [0.25, 0.3) is 0 Å². The summed E-state index contributed by atoms with van der Waals surface area (Å²) in [6.45, 7) is 0.762.